The van der Waals surface area contributed by atoms with Gasteiger partial charge in [0, 0.05) is 25.7 Å². The molecule has 118 valence electrons. The van der Waals surface area contributed by atoms with Crippen LogP contribution in [0.4, 0.5) is 10.1 Å². The highest BCUT2D eigenvalue weighted by molar-refractivity contribution is 5.97. The summed E-state index contributed by atoms with van der Waals surface area (Å²) < 4.78 is 13.6. The van der Waals surface area contributed by atoms with Crippen molar-refractivity contribution in [3.63, 3.8) is 0 Å². The van der Waals surface area contributed by atoms with Gasteiger partial charge in [0.15, 0.2) is 0 Å². The van der Waals surface area contributed by atoms with Crippen LogP contribution >= 0.6 is 12.4 Å². The molecule has 0 unspecified atom stereocenters. The topological polar surface area (TPSA) is 70.2 Å². The SMILES string of the molecule is CCCNCCNC(=O)c1cc(NC(C)=O)ccc1F.Cl. The van der Waals surface area contributed by atoms with E-state index in [2.05, 4.69) is 22.9 Å². The third kappa shape index (κ3) is 7.06. The van der Waals surface area contributed by atoms with Gasteiger partial charge in [-0.15, -0.1) is 12.4 Å². The summed E-state index contributed by atoms with van der Waals surface area (Å²) >= 11 is 0. The summed E-state index contributed by atoms with van der Waals surface area (Å²) in [6.45, 7) is 5.33. The second-order valence-electron chi connectivity index (χ2n) is 4.38. The van der Waals surface area contributed by atoms with Crippen molar-refractivity contribution in [3.8, 4) is 0 Å². The lowest BCUT2D eigenvalue weighted by molar-refractivity contribution is -0.114. The van der Waals surface area contributed by atoms with Gasteiger partial charge in [-0.3, -0.25) is 9.59 Å². The van der Waals surface area contributed by atoms with Crippen molar-refractivity contribution in [2.24, 2.45) is 0 Å². The summed E-state index contributed by atoms with van der Waals surface area (Å²) in [7, 11) is 0. The fourth-order valence-corrected chi connectivity index (χ4v) is 1.64. The Balaban J connectivity index is 0.00000400. The molecule has 0 bridgehead atoms. The molecule has 0 saturated heterocycles. The van der Waals surface area contributed by atoms with Crippen molar-refractivity contribution in [1.82, 2.24) is 10.6 Å². The van der Waals surface area contributed by atoms with Crippen LogP contribution in [0, 0.1) is 5.82 Å². The first-order valence-electron chi connectivity index (χ1n) is 6.60. The predicted molar refractivity (Wildman–Crippen MR) is 83.4 cm³/mol. The number of carbonyl (C=O) groups excluding carboxylic acids is 2. The third-order valence-corrected chi connectivity index (χ3v) is 2.55. The van der Waals surface area contributed by atoms with Gasteiger partial charge in [-0.05, 0) is 31.2 Å². The normalized spacial score (nSPS) is 9.67. The van der Waals surface area contributed by atoms with Gasteiger partial charge in [0.1, 0.15) is 5.82 Å². The van der Waals surface area contributed by atoms with E-state index >= 15 is 0 Å². The van der Waals surface area contributed by atoms with Gasteiger partial charge < -0.3 is 16.0 Å². The minimum Gasteiger partial charge on any atom is -0.351 e. The fraction of sp³-hybridized carbons (Fsp3) is 0.429. The van der Waals surface area contributed by atoms with Crippen LogP contribution in [-0.2, 0) is 4.79 Å². The number of anilines is 1. The predicted octanol–water partition coefficient (Wildman–Crippen LogP) is 1.94. The maximum Gasteiger partial charge on any atom is 0.254 e. The molecule has 0 aliphatic rings. The van der Waals surface area contributed by atoms with E-state index in [-0.39, 0.29) is 23.9 Å². The van der Waals surface area contributed by atoms with E-state index < -0.39 is 11.7 Å². The Morgan fingerprint density at radius 1 is 1.19 bits per heavy atom. The van der Waals surface area contributed by atoms with Gasteiger partial charge in [-0.1, -0.05) is 6.92 Å². The monoisotopic (exact) mass is 317 g/mol. The lowest BCUT2D eigenvalue weighted by Gasteiger charge is -2.09. The van der Waals surface area contributed by atoms with E-state index in [1.807, 2.05) is 0 Å². The molecule has 0 spiro atoms. The summed E-state index contributed by atoms with van der Waals surface area (Å²) in [6.07, 6.45) is 1.02. The smallest absolute Gasteiger partial charge is 0.254 e. The number of hydrogen-bond donors (Lipinski definition) is 3. The van der Waals surface area contributed by atoms with Crippen molar-refractivity contribution in [2.45, 2.75) is 20.3 Å². The lowest BCUT2D eigenvalue weighted by atomic mass is 10.1. The number of rotatable bonds is 7. The van der Waals surface area contributed by atoms with E-state index in [9.17, 15) is 14.0 Å². The van der Waals surface area contributed by atoms with Crippen LogP contribution in [0.15, 0.2) is 18.2 Å². The Morgan fingerprint density at radius 2 is 1.90 bits per heavy atom. The highest BCUT2D eigenvalue weighted by Gasteiger charge is 2.12. The van der Waals surface area contributed by atoms with Crippen LogP contribution in [0.1, 0.15) is 30.6 Å². The quantitative estimate of drug-likeness (QED) is 0.673. The zero-order chi connectivity index (χ0) is 15.0. The third-order valence-electron chi connectivity index (χ3n) is 2.55. The molecular weight excluding hydrogens is 297 g/mol. The number of benzene rings is 1. The molecule has 0 saturated carbocycles. The standard InChI is InChI=1S/C14H20FN3O2.ClH/c1-3-6-16-7-8-17-14(20)12-9-11(18-10(2)19)4-5-13(12)15;/h4-5,9,16H,3,6-8H2,1-2H3,(H,17,20)(H,18,19);1H. The number of hydrogen-bond acceptors (Lipinski definition) is 3. The van der Waals surface area contributed by atoms with Crippen molar-refractivity contribution >= 4 is 29.9 Å². The van der Waals surface area contributed by atoms with Gasteiger partial charge in [0.25, 0.3) is 5.91 Å². The zero-order valence-corrected chi connectivity index (χ0v) is 13.0. The number of nitrogens with one attached hydrogen (secondary N) is 3. The molecule has 2 amide bonds. The van der Waals surface area contributed by atoms with E-state index in [1.54, 1.807) is 0 Å². The molecule has 0 radical (unpaired) electrons. The van der Waals surface area contributed by atoms with Gasteiger partial charge >= 0.3 is 0 Å². The molecule has 7 heteroatoms. The Hall–Kier alpha value is -1.66. The molecular formula is C14H21ClFN3O2. The summed E-state index contributed by atoms with van der Waals surface area (Å²) in [5.41, 5.74) is 0.319. The van der Waals surface area contributed by atoms with E-state index in [0.29, 0.717) is 18.8 Å². The summed E-state index contributed by atoms with van der Waals surface area (Å²) in [4.78, 5) is 22.8. The van der Waals surface area contributed by atoms with E-state index in [1.165, 1.54) is 19.1 Å². The summed E-state index contributed by atoms with van der Waals surface area (Å²) in [6, 6.07) is 3.90. The average molecular weight is 318 g/mol. The zero-order valence-electron chi connectivity index (χ0n) is 12.2. The molecule has 1 aromatic carbocycles. The lowest BCUT2D eigenvalue weighted by Crippen LogP contribution is -2.32. The largest absolute Gasteiger partial charge is 0.351 e. The molecule has 0 aliphatic heterocycles. The van der Waals surface area contributed by atoms with Crippen LogP contribution in [-0.4, -0.2) is 31.4 Å². The van der Waals surface area contributed by atoms with E-state index in [4.69, 9.17) is 0 Å². The molecule has 0 aliphatic carbocycles. The second-order valence-corrected chi connectivity index (χ2v) is 4.38. The molecule has 3 N–H and O–H groups in total. The van der Waals surface area contributed by atoms with Gasteiger partial charge in [0.05, 0.1) is 5.56 Å². The molecule has 5 nitrogen and oxygen atoms in total. The van der Waals surface area contributed by atoms with Crippen LogP contribution in [0.25, 0.3) is 0 Å². The van der Waals surface area contributed by atoms with Crippen LogP contribution in [0.2, 0.25) is 0 Å². The molecule has 0 fully saturated rings. The molecule has 1 rings (SSSR count). The van der Waals surface area contributed by atoms with Crippen LogP contribution < -0.4 is 16.0 Å². The first kappa shape index (κ1) is 19.3. The average Bonchev–Trinajstić information content (AvgIpc) is 2.40. The Labute approximate surface area is 130 Å². The van der Waals surface area contributed by atoms with Crippen LogP contribution in [0.3, 0.4) is 0 Å². The Kier molecular flexibility index (Phi) is 9.32. The van der Waals surface area contributed by atoms with E-state index in [0.717, 1.165) is 19.0 Å². The summed E-state index contributed by atoms with van der Waals surface area (Å²) in [5.74, 6) is -1.38. The Bertz CT molecular complexity index is 483. The Morgan fingerprint density at radius 3 is 2.52 bits per heavy atom. The number of amides is 2. The maximum atomic E-state index is 13.6. The first-order valence-corrected chi connectivity index (χ1v) is 6.60. The highest BCUT2D eigenvalue weighted by Crippen LogP contribution is 2.14. The molecule has 0 atom stereocenters. The maximum absolute atomic E-state index is 13.6. The minimum atomic E-state index is -0.613. The first-order chi connectivity index (χ1) is 9.54. The number of carbonyl (C=O) groups is 2. The molecule has 0 aromatic heterocycles. The van der Waals surface area contributed by atoms with Crippen molar-refractivity contribution < 1.29 is 14.0 Å². The second kappa shape index (κ2) is 10.1. The van der Waals surface area contributed by atoms with Crippen molar-refractivity contribution in [2.75, 3.05) is 25.0 Å². The molecule has 21 heavy (non-hydrogen) atoms. The minimum absolute atomic E-state index is 0. The van der Waals surface area contributed by atoms with Gasteiger partial charge in [-0.25, -0.2) is 4.39 Å². The fourth-order valence-electron chi connectivity index (χ4n) is 1.64. The van der Waals surface area contributed by atoms with Gasteiger partial charge in [-0.2, -0.15) is 0 Å². The molecule has 1 aromatic rings. The van der Waals surface area contributed by atoms with Crippen molar-refractivity contribution in [1.29, 1.82) is 0 Å². The highest BCUT2D eigenvalue weighted by atomic mass is 35.5. The van der Waals surface area contributed by atoms with Crippen molar-refractivity contribution in [3.05, 3.63) is 29.6 Å². The van der Waals surface area contributed by atoms with Gasteiger partial charge in [0.2, 0.25) is 5.91 Å². The molecule has 0 heterocycles. The number of halogens is 2. The van der Waals surface area contributed by atoms with Crippen LogP contribution in [0.5, 0.6) is 0 Å². The summed E-state index contributed by atoms with van der Waals surface area (Å²) in [5, 5.41) is 8.27.